The summed E-state index contributed by atoms with van der Waals surface area (Å²) in [5.41, 5.74) is 1.17. The van der Waals surface area contributed by atoms with Crippen molar-refractivity contribution in [3.05, 3.63) is 23.8 Å². The first kappa shape index (κ1) is 19.1. The molecule has 1 saturated heterocycles. The van der Waals surface area contributed by atoms with Gasteiger partial charge in [-0.1, -0.05) is 0 Å². The molecule has 1 aromatic carbocycles. The lowest BCUT2D eigenvalue weighted by molar-refractivity contribution is -0.149. The molecule has 0 aromatic heterocycles. The number of likely N-dealkylation sites (tertiary alicyclic amines) is 1. The number of benzene rings is 1. The minimum atomic E-state index is -0.283. The van der Waals surface area contributed by atoms with E-state index in [1.807, 2.05) is 19.9 Å². The Bertz CT molecular complexity index is 613. The molecule has 1 N–H and O–H groups in total. The fourth-order valence-corrected chi connectivity index (χ4v) is 3.27. The molecular weight excluding hydrogens is 320 g/mol. The maximum atomic E-state index is 12.8. The van der Waals surface area contributed by atoms with Crippen LogP contribution in [0.3, 0.4) is 0 Å². The topological polar surface area (TPSA) is 70.1 Å². The summed E-state index contributed by atoms with van der Waals surface area (Å²) < 4.78 is 5.07. The molecule has 25 heavy (non-hydrogen) atoms. The molecule has 0 aliphatic carbocycles. The van der Waals surface area contributed by atoms with Crippen molar-refractivity contribution < 1.29 is 19.4 Å². The predicted molar refractivity (Wildman–Crippen MR) is 96.9 cm³/mol. The van der Waals surface area contributed by atoms with E-state index in [9.17, 15) is 14.7 Å². The van der Waals surface area contributed by atoms with E-state index < -0.39 is 0 Å². The van der Waals surface area contributed by atoms with E-state index in [0.29, 0.717) is 19.7 Å². The minimum Gasteiger partial charge on any atom is -0.507 e. The number of phenols is 1. The van der Waals surface area contributed by atoms with Crippen LogP contribution >= 0.6 is 0 Å². The second-order valence-corrected chi connectivity index (χ2v) is 6.22. The number of nitrogens with zero attached hydrogens (tertiary/aromatic N) is 2. The third kappa shape index (κ3) is 4.44. The summed E-state index contributed by atoms with van der Waals surface area (Å²) in [4.78, 5) is 28.4. The van der Waals surface area contributed by atoms with Gasteiger partial charge in [-0.25, -0.2) is 0 Å². The van der Waals surface area contributed by atoms with Crippen molar-refractivity contribution in [1.82, 2.24) is 4.90 Å². The molecule has 0 radical (unpaired) electrons. The zero-order valence-electron chi connectivity index (χ0n) is 15.3. The second kappa shape index (κ2) is 8.74. The van der Waals surface area contributed by atoms with Gasteiger partial charge in [-0.2, -0.15) is 0 Å². The van der Waals surface area contributed by atoms with Crippen molar-refractivity contribution in [1.29, 1.82) is 0 Å². The number of carbonyl (C=O) groups is 2. The molecule has 6 heteroatoms. The standard InChI is InChI=1S/C19H28N2O4/c1-4-20(5-2)15-9-10-16(17(22)12-15)18(23)21-11-7-8-14(13-21)19(24)25-6-3/h9-10,12,14,22H,4-8,11,13H2,1-3H3/t14-/m0/s1. The Morgan fingerprint density at radius 3 is 2.60 bits per heavy atom. The summed E-state index contributed by atoms with van der Waals surface area (Å²) in [6, 6.07) is 5.15. The highest BCUT2D eigenvalue weighted by Crippen LogP contribution is 2.27. The largest absolute Gasteiger partial charge is 0.507 e. The fraction of sp³-hybridized carbons (Fsp3) is 0.579. The van der Waals surface area contributed by atoms with Crippen LogP contribution in [0, 0.1) is 5.92 Å². The molecular formula is C19H28N2O4. The molecule has 138 valence electrons. The predicted octanol–water partition coefficient (Wildman–Crippen LogP) is 2.65. The van der Waals surface area contributed by atoms with Crippen molar-refractivity contribution in [2.75, 3.05) is 37.7 Å². The molecule has 6 nitrogen and oxygen atoms in total. The lowest BCUT2D eigenvalue weighted by Crippen LogP contribution is -2.42. The molecule has 1 amide bonds. The Labute approximate surface area is 149 Å². The van der Waals surface area contributed by atoms with Gasteiger partial charge in [0, 0.05) is 37.9 Å². The van der Waals surface area contributed by atoms with Crippen molar-refractivity contribution >= 4 is 17.6 Å². The van der Waals surface area contributed by atoms with Gasteiger partial charge in [0.15, 0.2) is 0 Å². The number of amides is 1. The van der Waals surface area contributed by atoms with Crippen molar-refractivity contribution in [3.63, 3.8) is 0 Å². The van der Waals surface area contributed by atoms with E-state index in [1.54, 1.807) is 24.0 Å². The summed E-state index contributed by atoms with van der Waals surface area (Å²) >= 11 is 0. The molecule has 1 fully saturated rings. The first-order chi connectivity index (χ1) is 12.0. The molecule has 0 bridgehead atoms. The zero-order valence-corrected chi connectivity index (χ0v) is 15.3. The number of ether oxygens (including phenoxy) is 1. The van der Waals surface area contributed by atoms with E-state index in [4.69, 9.17) is 4.74 Å². The van der Waals surface area contributed by atoms with Crippen LogP contribution in [0.25, 0.3) is 0 Å². The molecule has 0 saturated carbocycles. The number of esters is 1. The Morgan fingerprint density at radius 2 is 2.00 bits per heavy atom. The van der Waals surface area contributed by atoms with Crippen molar-refractivity contribution in [2.24, 2.45) is 5.92 Å². The van der Waals surface area contributed by atoms with E-state index in [2.05, 4.69) is 4.90 Å². The maximum Gasteiger partial charge on any atom is 0.310 e. The number of phenolic OH excluding ortho intramolecular Hbond substituents is 1. The molecule has 0 unspecified atom stereocenters. The van der Waals surface area contributed by atoms with Gasteiger partial charge in [-0.3, -0.25) is 9.59 Å². The number of rotatable bonds is 6. The summed E-state index contributed by atoms with van der Waals surface area (Å²) in [6.07, 6.45) is 1.49. The van der Waals surface area contributed by atoms with Crippen LogP contribution in [-0.2, 0) is 9.53 Å². The van der Waals surface area contributed by atoms with Crippen LogP contribution in [0.5, 0.6) is 5.75 Å². The monoisotopic (exact) mass is 348 g/mol. The molecule has 1 aromatic rings. The average molecular weight is 348 g/mol. The Hall–Kier alpha value is -2.24. The molecule has 2 rings (SSSR count). The normalized spacial score (nSPS) is 17.2. The number of carbonyl (C=O) groups excluding carboxylic acids is 2. The lowest BCUT2D eigenvalue weighted by atomic mass is 9.97. The van der Waals surface area contributed by atoms with Gasteiger partial charge >= 0.3 is 5.97 Å². The third-order valence-corrected chi connectivity index (χ3v) is 4.67. The smallest absolute Gasteiger partial charge is 0.310 e. The Morgan fingerprint density at radius 1 is 1.28 bits per heavy atom. The second-order valence-electron chi connectivity index (χ2n) is 6.22. The minimum absolute atomic E-state index is 0.0207. The van der Waals surface area contributed by atoms with E-state index in [-0.39, 0.29) is 29.1 Å². The van der Waals surface area contributed by atoms with E-state index in [0.717, 1.165) is 31.6 Å². The molecule has 1 aliphatic rings. The summed E-state index contributed by atoms with van der Waals surface area (Å²) in [5, 5.41) is 10.3. The van der Waals surface area contributed by atoms with Crippen LogP contribution in [-0.4, -0.2) is 54.7 Å². The Kier molecular flexibility index (Phi) is 6.67. The fourth-order valence-electron chi connectivity index (χ4n) is 3.27. The first-order valence-corrected chi connectivity index (χ1v) is 9.05. The number of hydrogen-bond acceptors (Lipinski definition) is 5. The van der Waals surface area contributed by atoms with Crippen LogP contribution in [0.2, 0.25) is 0 Å². The van der Waals surface area contributed by atoms with Crippen molar-refractivity contribution in [2.45, 2.75) is 33.6 Å². The van der Waals surface area contributed by atoms with Gasteiger partial charge < -0.3 is 19.6 Å². The lowest BCUT2D eigenvalue weighted by Gasteiger charge is -2.32. The summed E-state index contributed by atoms with van der Waals surface area (Å²) in [6.45, 7) is 8.80. The zero-order chi connectivity index (χ0) is 18.4. The van der Waals surface area contributed by atoms with Crippen LogP contribution in [0.4, 0.5) is 5.69 Å². The van der Waals surface area contributed by atoms with Gasteiger partial charge in [0.2, 0.25) is 0 Å². The highest BCUT2D eigenvalue weighted by molar-refractivity contribution is 5.97. The number of piperidine rings is 1. The van der Waals surface area contributed by atoms with E-state index >= 15 is 0 Å². The van der Waals surface area contributed by atoms with E-state index in [1.165, 1.54) is 0 Å². The van der Waals surface area contributed by atoms with Crippen LogP contribution < -0.4 is 4.90 Å². The summed E-state index contributed by atoms with van der Waals surface area (Å²) in [7, 11) is 0. The van der Waals surface area contributed by atoms with Gasteiger partial charge in [0.05, 0.1) is 18.1 Å². The number of hydrogen-bond donors (Lipinski definition) is 1. The third-order valence-electron chi connectivity index (χ3n) is 4.67. The quantitative estimate of drug-likeness (QED) is 0.801. The molecule has 1 aliphatic heterocycles. The van der Waals surface area contributed by atoms with Crippen LogP contribution in [0.1, 0.15) is 44.0 Å². The SMILES string of the molecule is CCOC(=O)[C@H]1CCCN(C(=O)c2ccc(N(CC)CC)cc2O)C1. The highest BCUT2D eigenvalue weighted by Gasteiger charge is 2.30. The molecule has 1 heterocycles. The van der Waals surface area contributed by atoms with Crippen LogP contribution in [0.15, 0.2) is 18.2 Å². The van der Waals surface area contributed by atoms with Gasteiger partial charge in [0.25, 0.3) is 5.91 Å². The molecule has 0 spiro atoms. The summed E-state index contributed by atoms with van der Waals surface area (Å²) in [5.74, 6) is -0.791. The molecule has 1 atom stereocenters. The number of anilines is 1. The average Bonchev–Trinajstić information content (AvgIpc) is 2.62. The highest BCUT2D eigenvalue weighted by atomic mass is 16.5. The maximum absolute atomic E-state index is 12.8. The Balaban J connectivity index is 2.13. The van der Waals surface area contributed by atoms with Gasteiger partial charge in [-0.15, -0.1) is 0 Å². The number of aromatic hydroxyl groups is 1. The van der Waals surface area contributed by atoms with Crippen molar-refractivity contribution in [3.8, 4) is 5.75 Å². The first-order valence-electron chi connectivity index (χ1n) is 9.05. The van der Waals surface area contributed by atoms with Gasteiger partial charge in [0.1, 0.15) is 5.75 Å². The van der Waals surface area contributed by atoms with Gasteiger partial charge in [-0.05, 0) is 45.7 Å².